The lowest BCUT2D eigenvalue weighted by Gasteiger charge is -2.29. The fourth-order valence-corrected chi connectivity index (χ4v) is 4.45. The summed E-state index contributed by atoms with van der Waals surface area (Å²) in [6.07, 6.45) is -2.09. The molecular formula is C18H26N6O9. The van der Waals surface area contributed by atoms with Gasteiger partial charge in [0.05, 0.1) is 25.6 Å². The smallest absolute Gasteiger partial charge is 0.332 e. The van der Waals surface area contributed by atoms with Crippen LogP contribution in [0.2, 0.25) is 0 Å². The van der Waals surface area contributed by atoms with Crippen LogP contribution in [0.1, 0.15) is 6.42 Å². The molecule has 2 aromatic rings. The minimum Gasteiger partial charge on any atom is -0.392 e. The second kappa shape index (κ2) is 8.83. The Bertz CT molecular complexity index is 1160. The summed E-state index contributed by atoms with van der Waals surface area (Å²) in [5.41, 5.74) is -1.82. The van der Waals surface area contributed by atoms with Gasteiger partial charge in [-0.2, -0.15) is 0 Å². The van der Waals surface area contributed by atoms with Crippen molar-refractivity contribution in [1.29, 1.82) is 0 Å². The van der Waals surface area contributed by atoms with E-state index in [1.54, 1.807) is 4.57 Å². The van der Waals surface area contributed by atoms with Crippen LogP contribution < -0.4 is 16.6 Å². The van der Waals surface area contributed by atoms with E-state index < -0.39 is 46.4 Å². The zero-order valence-corrected chi connectivity index (χ0v) is 18.1. The highest BCUT2D eigenvalue weighted by atomic mass is 17.0. The monoisotopic (exact) mass is 470 g/mol. The zero-order valence-electron chi connectivity index (χ0n) is 18.1. The summed E-state index contributed by atoms with van der Waals surface area (Å²) in [4.78, 5) is 43.7. The van der Waals surface area contributed by atoms with E-state index in [0.29, 0.717) is 18.6 Å². The van der Waals surface area contributed by atoms with Gasteiger partial charge < -0.3 is 34.4 Å². The largest absolute Gasteiger partial charge is 0.392 e. The predicted octanol–water partition coefficient (Wildman–Crippen LogP) is -3.12. The number of hydrogen-bond donors (Lipinski definition) is 3. The molecule has 0 radical (unpaired) electrons. The normalized spacial score (nSPS) is 27.7. The lowest BCUT2D eigenvalue weighted by atomic mass is 9.90. The van der Waals surface area contributed by atoms with Crippen molar-refractivity contribution in [3.05, 3.63) is 37.3 Å². The number of imidazole rings is 1. The summed E-state index contributed by atoms with van der Waals surface area (Å²) >= 11 is 0. The fourth-order valence-electron chi connectivity index (χ4n) is 4.45. The Hall–Kier alpha value is -2.85. The first kappa shape index (κ1) is 23.3. The maximum atomic E-state index is 12.5. The topological polar surface area (TPSA) is 185 Å². The van der Waals surface area contributed by atoms with Crippen molar-refractivity contribution in [2.75, 3.05) is 26.3 Å². The highest BCUT2D eigenvalue weighted by molar-refractivity contribution is 5.69. The molecule has 15 heteroatoms. The summed E-state index contributed by atoms with van der Waals surface area (Å²) in [7, 11) is 2.94. The Morgan fingerprint density at radius 1 is 1.39 bits per heavy atom. The van der Waals surface area contributed by atoms with Gasteiger partial charge in [0.25, 0.3) is 10.6 Å². The Morgan fingerprint density at radius 2 is 2.15 bits per heavy atom. The summed E-state index contributed by atoms with van der Waals surface area (Å²) in [5.74, 6) is 0. The number of aromatic nitrogens is 4. The van der Waals surface area contributed by atoms with Crippen molar-refractivity contribution < 1.29 is 29.6 Å². The number of aryl methyl sites for hydroxylation is 1. The molecule has 2 fully saturated rings. The summed E-state index contributed by atoms with van der Waals surface area (Å²) in [6, 6.07) is 0. The molecule has 5 atom stereocenters. The number of ether oxygens (including phenoxy) is 2. The van der Waals surface area contributed by atoms with Crippen LogP contribution >= 0.6 is 0 Å². The molecule has 4 rings (SSSR count). The van der Waals surface area contributed by atoms with Gasteiger partial charge in [0, 0.05) is 40.2 Å². The number of aliphatic hydroxyl groups excluding tert-OH is 1. The number of fused-ring (bicyclic) bond motifs is 2. The van der Waals surface area contributed by atoms with E-state index in [-0.39, 0.29) is 31.8 Å². The molecule has 182 valence electrons. The summed E-state index contributed by atoms with van der Waals surface area (Å²) < 4.78 is 14.9. The van der Waals surface area contributed by atoms with Gasteiger partial charge in [-0.3, -0.25) is 13.9 Å². The van der Waals surface area contributed by atoms with Crippen LogP contribution in [-0.2, 0) is 35.0 Å². The summed E-state index contributed by atoms with van der Waals surface area (Å²) in [5, 5.41) is 34.0. The third kappa shape index (κ3) is 4.24. The quantitative estimate of drug-likeness (QED) is 0.191. The van der Waals surface area contributed by atoms with Gasteiger partial charge in [-0.25, -0.2) is 9.78 Å². The molecule has 0 bridgehead atoms. The van der Waals surface area contributed by atoms with Crippen molar-refractivity contribution in [1.82, 2.24) is 24.0 Å². The predicted molar refractivity (Wildman–Crippen MR) is 110 cm³/mol. The Kier molecular flexibility index (Phi) is 6.24. The van der Waals surface area contributed by atoms with E-state index in [4.69, 9.17) is 9.47 Å². The average Bonchev–Trinajstić information content (AvgIpc) is 3.44. The van der Waals surface area contributed by atoms with Gasteiger partial charge in [0.2, 0.25) is 0 Å². The van der Waals surface area contributed by atoms with E-state index in [1.165, 1.54) is 25.0 Å². The van der Waals surface area contributed by atoms with Gasteiger partial charge >= 0.3 is 5.69 Å². The van der Waals surface area contributed by atoms with Crippen molar-refractivity contribution in [3.63, 3.8) is 0 Å². The second-order valence-corrected chi connectivity index (χ2v) is 8.38. The molecule has 3 N–H and O–H groups in total. The molecule has 0 saturated carbocycles. The van der Waals surface area contributed by atoms with Crippen molar-refractivity contribution in [3.8, 4) is 0 Å². The van der Waals surface area contributed by atoms with Gasteiger partial charge in [0.15, 0.2) is 17.3 Å². The zero-order chi connectivity index (χ0) is 23.9. The highest BCUT2D eigenvalue weighted by Gasteiger charge is 2.57. The third-order valence-electron chi connectivity index (χ3n) is 6.10. The maximum Gasteiger partial charge on any atom is 0.332 e. The molecular weight excluding hydrogens is 444 g/mol. The number of rotatable bonds is 9. The maximum absolute atomic E-state index is 12.5. The molecule has 1 unspecified atom stereocenters. The lowest BCUT2D eigenvalue weighted by Crippen LogP contribution is -2.48. The van der Waals surface area contributed by atoms with Crippen molar-refractivity contribution in [2.24, 2.45) is 14.1 Å². The van der Waals surface area contributed by atoms with E-state index in [9.17, 15) is 29.9 Å². The van der Waals surface area contributed by atoms with Crippen molar-refractivity contribution in [2.45, 2.75) is 43.0 Å². The van der Waals surface area contributed by atoms with Gasteiger partial charge in [-0.1, -0.05) is 0 Å². The molecule has 0 spiro atoms. The highest BCUT2D eigenvalue weighted by Crippen LogP contribution is 2.38. The molecule has 0 aliphatic carbocycles. The number of nitrogens with one attached hydrogen (secondary N) is 1. The van der Waals surface area contributed by atoms with Gasteiger partial charge in [-0.15, -0.1) is 10.1 Å². The van der Waals surface area contributed by atoms with E-state index in [0.717, 1.165) is 4.57 Å². The van der Waals surface area contributed by atoms with Crippen LogP contribution in [0.15, 0.2) is 15.9 Å². The second-order valence-electron chi connectivity index (χ2n) is 8.38. The standard InChI is InChI=1S/C18H26N6O9/c1-21-15-12(16(26)22(2)17(21)27)23(9-20-15)4-3-19-6-10(25)5-18(28)8-32-13-11(33-24(29)30)7-31-14(13)18/h9-11,13-14,19,25,28H,3-8H2,1-2H3/t10?,11-,13+,14-,18+/m0/s1. The minimum absolute atomic E-state index is 0.0665. The fraction of sp³-hybridized carbons (Fsp3) is 0.722. The molecule has 2 aromatic heterocycles. The van der Waals surface area contributed by atoms with Gasteiger partial charge in [-0.05, 0) is 0 Å². The van der Waals surface area contributed by atoms with Gasteiger partial charge in [0.1, 0.15) is 17.8 Å². The Morgan fingerprint density at radius 3 is 2.88 bits per heavy atom. The van der Waals surface area contributed by atoms with E-state index >= 15 is 0 Å². The minimum atomic E-state index is -1.50. The molecule has 15 nitrogen and oxygen atoms in total. The third-order valence-corrected chi connectivity index (χ3v) is 6.10. The Balaban J connectivity index is 1.30. The lowest BCUT2D eigenvalue weighted by molar-refractivity contribution is -0.769. The first-order valence-corrected chi connectivity index (χ1v) is 10.4. The molecule has 2 saturated heterocycles. The van der Waals surface area contributed by atoms with Crippen LogP contribution in [0, 0.1) is 10.1 Å². The molecule has 0 amide bonds. The molecule has 33 heavy (non-hydrogen) atoms. The molecule has 0 aromatic carbocycles. The molecule has 4 heterocycles. The first-order valence-electron chi connectivity index (χ1n) is 10.4. The van der Waals surface area contributed by atoms with Crippen LogP contribution in [0.25, 0.3) is 11.2 Å². The first-order chi connectivity index (χ1) is 15.6. The summed E-state index contributed by atoms with van der Waals surface area (Å²) in [6.45, 7) is 0.650. The van der Waals surface area contributed by atoms with E-state index in [1.807, 2.05) is 0 Å². The number of aliphatic hydroxyl groups is 2. The van der Waals surface area contributed by atoms with Crippen LogP contribution in [-0.4, -0.2) is 90.3 Å². The van der Waals surface area contributed by atoms with Crippen LogP contribution in [0.3, 0.4) is 0 Å². The number of nitrogens with zero attached hydrogens (tertiary/aromatic N) is 5. The Labute approximate surface area is 186 Å². The number of hydrogen-bond acceptors (Lipinski definition) is 11. The molecule has 2 aliphatic heterocycles. The van der Waals surface area contributed by atoms with Crippen molar-refractivity contribution >= 4 is 11.2 Å². The van der Waals surface area contributed by atoms with E-state index in [2.05, 4.69) is 15.1 Å². The SMILES string of the molecule is Cn1c(=O)c2c(ncn2CCNCC(O)C[C@@]2(O)CO[C@@H]3[C@@H](O[N+](=O)[O-])CO[C@@H]32)n(C)c1=O. The molecule has 2 aliphatic rings. The van der Waals surface area contributed by atoms with Crippen LogP contribution in [0.5, 0.6) is 0 Å². The van der Waals surface area contributed by atoms with Crippen LogP contribution in [0.4, 0.5) is 0 Å². The average molecular weight is 470 g/mol.